The highest BCUT2D eigenvalue weighted by Crippen LogP contribution is 2.19. The number of hydrogen-bond acceptors (Lipinski definition) is 4. The molecule has 2 aromatic heterocycles. The van der Waals surface area contributed by atoms with Gasteiger partial charge in [0.2, 0.25) is 0 Å². The molecule has 0 fully saturated rings. The van der Waals surface area contributed by atoms with Crippen LogP contribution in [0.2, 0.25) is 0 Å². The van der Waals surface area contributed by atoms with E-state index in [4.69, 9.17) is 5.73 Å². The molecule has 0 spiro atoms. The Hall–Kier alpha value is -2.43. The quantitative estimate of drug-likeness (QED) is 0.640. The van der Waals surface area contributed by atoms with Gasteiger partial charge in [0.15, 0.2) is 11.6 Å². The fourth-order valence-electron chi connectivity index (χ4n) is 1.56. The minimum atomic E-state index is 0.398. The van der Waals surface area contributed by atoms with Crippen LogP contribution in [-0.4, -0.2) is 20.2 Å². The van der Waals surface area contributed by atoms with Crippen LogP contribution in [0.25, 0.3) is 22.4 Å². The first-order valence-electron chi connectivity index (χ1n) is 4.86. The fraction of sp³-hybridized carbons (Fsp3) is 0. The first kappa shape index (κ1) is 8.84. The summed E-state index contributed by atoms with van der Waals surface area (Å²) in [5.74, 6) is 1.05. The second kappa shape index (κ2) is 3.30. The number of hydrogen-bond donors (Lipinski definition) is 2. The lowest BCUT2D eigenvalue weighted by atomic mass is 10.2. The van der Waals surface area contributed by atoms with Gasteiger partial charge in [-0.15, -0.1) is 0 Å². The van der Waals surface area contributed by atoms with Crippen molar-refractivity contribution in [3.8, 4) is 11.4 Å². The monoisotopic (exact) mass is 211 g/mol. The number of benzene rings is 1. The zero-order valence-electron chi connectivity index (χ0n) is 8.38. The maximum atomic E-state index is 5.69. The number of nitrogens with zero attached hydrogens (tertiary/aromatic N) is 3. The molecule has 0 unspecified atom stereocenters. The molecule has 0 atom stereocenters. The van der Waals surface area contributed by atoms with E-state index >= 15 is 0 Å². The Labute approximate surface area is 91.3 Å². The molecular weight excluding hydrogens is 202 g/mol. The van der Waals surface area contributed by atoms with Crippen molar-refractivity contribution in [2.45, 2.75) is 0 Å². The molecule has 0 bridgehead atoms. The Kier molecular flexibility index (Phi) is 1.83. The van der Waals surface area contributed by atoms with Gasteiger partial charge in [-0.25, -0.2) is 9.97 Å². The van der Waals surface area contributed by atoms with Crippen molar-refractivity contribution in [2.75, 3.05) is 5.73 Å². The third kappa shape index (κ3) is 1.30. The molecule has 0 radical (unpaired) electrons. The van der Waals surface area contributed by atoms with Gasteiger partial charge in [0.05, 0.1) is 6.20 Å². The number of fused-ring (bicyclic) bond motifs is 1. The maximum Gasteiger partial charge on any atom is 0.172 e. The van der Waals surface area contributed by atoms with Crippen LogP contribution in [-0.2, 0) is 0 Å². The lowest BCUT2D eigenvalue weighted by Crippen LogP contribution is -1.91. The zero-order chi connectivity index (χ0) is 11.0. The van der Waals surface area contributed by atoms with E-state index in [1.165, 1.54) is 0 Å². The molecule has 78 valence electrons. The topological polar surface area (TPSA) is 80.5 Å². The predicted molar refractivity (Wildman–Crippen MR) is 61.5 cm³/mol. The largest absolute Gasteiger partial charge is 0.380 e. The van der Waals surface area contributed by atoms with Gasteiger partial charge in [0.1, 0.15) is 11.0 Å². The predicted octanol–water partition coefficient (Wildman–Crippen LogP) is 1.60. The molecule has 3 rings (SSSR count). The number of aromatic amines is 1. The second-order valence-corrected chi connectivity index (χ2v) is 3.43. The van der Waals surface area contributed by atoms with Crippen molar-refractivity contribution in [3.63, 3.8) is 0 Å². The van der Waals surface area contributed by atoms with Crippen LogP contribution in [0.1, 0.15) is 0 Å². The lowest BCUT2D eigenvalue weighted by Gasteiger charge is -1.98. The summed E-state index contributed by atoms with van der Waals surface area (Å²) in [6.07, 6.45) is 1.69. The Morgan fingerprint density at radius 1 is 1.12 bits per heavy atom. The van der Waals surface area contributed by atoms with Crippen LogP contribution in [0.15, 0.2) is 36.5 Å². The summed E-state index contributed by atoms with van der Waals surface area (Å²) in [5.41, 5.74) is 8.06. The number of nitrogens with two attached hydrogens (primary N) is 1. The molecule has 0 aliphatic heterocycles. The normalized spacial score (nSPS) is 10.8. The second-order valence-electron chi connectivity index (χ2n) is 3.43. The van der Waals surface area contributed by atoms with Gasteiger partial charge in [-0.3, -0.25) is 5.10 Å². The van der Waals surface area contributed by atoms with Gasteiger partial charge in [-0.2, -0.15) is 5.10 Å². The molecule has 0 saturated carbocycles. The number of H-pyrrole nitrogens is 1. The summed E-state index contributed by atoms with van der Waals surface area (Å²) in [5, 5.41) is 6.65. The summed E-state index contributed by atoms with van der Waals surface area (Å²) >= 11 is 0. The number of rotatable bonds is 1. The van der Waals surface area contributed by atoms with Gasteiger partial charge in [-0.1, -0.05) is 30.3 Å². The van der Waals surface area contributed by atoms with Crippen LogP contribution in [0, 0.1) is 0 Å². The molecule has 5 nitrogen and oxygen atoms in total. The Balaban J connectivity index is 2.22. The molecule has 0 aliphatic rings. The van der Waals surface area contributed by atoms with E-state index in [0.717, 1.165) is 11.1 Å². The molecule has 1 aromatic carbocycles. The molecule has 3 N–H and O–H groups in total. The number of aromatic nitrogens is 4. The summed E-state index contributed by atoms with van der Waals surface area (Å²) < 4.78 is 0. The molecule has 16 heavy (non-hydrogen) atoms. The first-order valence-corrected chi connectivity index (χ1v) is 4.86. The van der Waals surface area contributed by atoms with Crippen LogP contribution in [0.3, 0.4) is 0 Å². The maximum absolute atomic E-state index is 5.69. The molecule has 2 heterocycles. The van der Waals surface area contributed by atoms with E-state index in [1.54, 1.807) is 6.20 Å². The standard InChI is InChI=1S/C11H9N5/c12-10-9-8(15-16-10)6-13-11(14-9)7-4-2-1-3-5-7/h1-6H,(H3,12,15,16). The average Bonchev–Trinajstić information content (AvgIpc) is 2.72. The van der Waals surface area contributed by atoms with Crippen LogP contribution in [0.5, 0.6) is 0 Å². The summed E-state index contributed by atoms with van der Waals surface area (Å²) in [6, 6.07) is 9.76. The summed E-state index contributed by atoms with van der Waals surface area (Å²) in [6.45, 7) is 0. The highest BCUT2D eigenvalue weighted by Gasteiger charge is 2.06. The molecule has 0 aliphatic carbocycles. The summed E-state index contributed by atoms with van der Waals surface area (Å²) in [4.78, 5) is 8.63. The molecule has 0 amide bonds. The molecular formula is C11H9N5. The van der Waals surface area contributed by atoms with E-state index < -0.39 is 0 Å². The highest BCUT2D eigenvalue weighted by atomic mass is 15.2. The average molecular weight is 211 g/mol. The SMILES string of the molecule is Nc1n[nH]c2cnc(-c3ccccc3)nc12. The number of nitrogens with one attached hydrogen (secondary N) is 1. The Bertz CT molecular complexity index is 629. The van der Waals surface area contributed by atoms with Gasteiger partial charge in [0, 0.05) is 5.56 Å². The van der Waals surface area contributed by atoms with E-state index in [2.05, 4.69) is 20.2 Å². The first-order chi connectivity index (χ1) is 7.84. The van der Waals surface area contributed by atoms with Gasteiger partial charge < -0.3 is 5.73 Å². The van der Waals surface area contributed by atoms with Crippen molar-refractivity contribution >= 4 is 16.9 Å². The number of anilines is 1. The van der Waals surface area contributed by atoms with Crippen molar-refractivity contribution in [2.24, 2.45) is 0 Å². The van der Waals surface area contributed by atoms with Crippen molar-refractivity contribution in [1.29, 1.82) is 0 Å². The smallest absolute Gasteiger partial charge is 0.172 e. The molecule has 0 saturated heterocycles. The van der Waals surface area contributed by atoms with Crippen molar-refractivity contribution in [1.82, 2.24) is 20.2 Å². The minimum Gasteiger partial charge on any atom is -0.380 e. The lowest BCUT2D eigenvalue weighted by molar-refractivity contribution is 1.12. The Morgan fingerprint density at radius 2 is 1.94 bits per heavy atom. The molecule has 5 heteroatoms. The fourth-order valence-corrected chi connectivity index (χ4v) is 1.56. The van der Waals surface area contributed by atoms with E-state index in [9.17, 15) is 0 Å². The van der Waals surface area contributed by atoms with E-state index in [1.807, 2.05) is 30.3 Å². The van der Waals surface area contributed by atoms with Gasteiger partial charge >= 0.3 is 0 Å². The van der Waals surface area contributed by atoms with Crippen LogP contribution >= 0.6 is 0 Å². The van der Waals surface area contributed by atoms with Gasteiger partial charge in [-0.05, 0) is 0 Å². The Morgan fingerprint density at radius 3 is 2.75 bits per heavy atom. The third-order valence-electron chi connectivity index (χ3n) is 2.36. The number of nitrogen functional groups attached to an aromatic ring is 1. The zero-order valence-corrected chi connectivity index (χ0v) is 8.38. The highest BCUT2D eigenvalue weighted by molar-refractivity contribution is 5.85. The summed E-state index contributed by atoms with van der Waals surface area (Å²) in [7, 11) is 0. The van der Waals surface area contributed by atoms with Crippen molar-refractivity contribution < 1.29 is 0 Å². The van der Waals surface area contributed by atoms with Crippen LogP contribution in [0.4, 0.5) is 5.82 Å². The van der Waals surface area contributed by atoms with E-state index in [-0.39, 0.29) is 0 Å². The van der Waals surface area contributed by atoms with Gasteiger partial charge in [0.25, 0.3) is 0 Å². The van der Waals surface area contributed by atoms with Crippen LogP contribution < -0.4 is 5.73 Å². The minimum absolute atomic E-state index is 0.398. The van der Waals surface area contributed by atoms with Crippen molar-refractivity contribution in [3.05, 3.63) is 36.5 Å². The third-order valence-corrected chi connectivity index (χ3v) is 2.36. The van der Waals surface area contributed by atoms with E-state index in [0.29, 0.717) is 17.2 Å². The molecule has 3 aromatic rings.